The Kier molecular flexibility index (Phi) is 5.63. The normalized spacial score (nSPS) is 10.1. The van der Waals surface area contributed by atoms with E-state index in [4.69, 9.17) is 0 Å². The van der Waals surface area contributed by atoms with Gasteiger partial charge in [-0.1, -0.05) is 19.4 Å². The molecule has 6 heteroatoms. The molecule has 21 heavy (non-hydrogen) atoms. The van der Waals surface area contributed by atoms with Crippen molar-refractivity contribution in [2.75, 3.05) is 11.9 Å². The lowest BCUT2D eigenvalue weighted by Gasteiger charge is -2.06. The zero-order valence-corrected chi connectivity index (χ0v) is 12.0. The number of hydrogen-bond donors (Lipinski definition) is 2. The minimum atomic E-state index is -0.235. The van der Waals surface area contributed by atoms with Crippen LogP contribution in [0.2, 0.25) is 0 Å². The highest BCUT2D eigenvalue weighted by molar-refractivity contribution is 5.92. The van der Waals surface area contributed by atoms with Crippen molar-refractivity contribution in [2.45, 2.75) is 26.3 Å². The molecule has 0 unspecified atom stereocenters. The number of pyridine rings is 1. The molecule has 0 spiro atoms. The fraction of sp³-hybridized carbons (Fsp3) is 0.333. The highest BCUT2D eigenvalue weighted by Crippen LogP contribution is 2.02. The van der Waals surface area contributed by atoms with Gasteiger partial charge in [0.2, 0.25) is 5.95 Å². The van der Waals surface area contributed by atoms with Crippen molar-refractivity contribution in [3.63, 3.8) is 0 Å². The third-order valence-electron chi connectivity index (χ3n) is 2.86. The molecule has 0 fully saturated rings. The van der Waals surface area contributed by atoms with Crippen molar-refractivity contribution < 1.29 is 4.79 Å². The summed E-state index contributed by atoms with van der Waals surface area (Å²) in [4.78, 5) is 24.5. The third kappa shape index (κ3) is 4.83. The van der Waals surface area contributed by atoms with E-state index >= 15 is 0 Å². The maximum Gasteiger partial charge on any atom is 0.270 e. The minimum absolute atomic E-state index is 0.235. The van der Waals surface area contributed by atoms with E-state index in [-0.39, 0.29) is 5.91 Å². The summed E-state index contributed by atoms with van der Waals surface area (Å²) < 4.78 is 0. The lowest BCUT2D eigenvalue weighted by Crippen LogP contribution is -2.24. The zero-order valence-electron chi connectivity index (χ0n) is 12.0. The first-order valence-corrected chi connectivity index (χ1v) is 7.04. The molecular weight excluding hydrogens is 266 g/mol. The fourth-order valence-electron chi connectivity index (χ4n) is 1.71. The molecule has 2 rings (SSSR count). The van der Waals surface area contributed by atoms with Crippen molar-refractivity contribution in [1.82, 2.24) is 20.3 Å². The lowest BCUT2D eigenvalue weighted by molar-refractivity contribution is 0.0945. The van der Waals surface area contributed by atoms with Crippen LogP contribution >= 0.6 is 0 Å². The van der Waals surface area contributed by atoms with Gasteiger partial charge in [0.15, 0.2) is 0 Å². The van der Waals surface area contributed by atoms with Crippen molar-refractivity contribution >= 4 is 11.9 Å². The van der Waals surface area contributed by atoms with Gasteiger partial charge in [0.05, 0.1) is 12.2 Å². The molecule has 0 saturated heterocycles. The van der Waals surface area contributed by atoms with Crippen LogP contribution in [0.1, 0.15) is 35.9 Å². The smallest absolute Gasteiger partial charge is 0.270 e. The lowest BCUT2D eigenvalue weighted by atomic mass is 10.3. The van der Waals surface area contributed by atoms with Crippen molar-refractivity contribution in [1.29, 1.82) is 0 Å². The summed E-state index contributed by atoms with van der Waals surface area (Å²) in [7, 11) is 0. The number of anilines is 1. The van der Waals surface area contributed by atoms with E-state index in [1.54, 1.807) is 18.5 Å². The fourth-order valence-corrected chi connectivity index (χ4v) is 1.71. The molecule has 110 valence electrons. The molecule has 1 amide bonds. The Bertz CT molecular complexity index is 573. The van der Waals surface area contributed by atoms with Gasteiger partial charge in [0.1, 0.15) is 5.69 Å². The summed E-state index contributed by atoms with van der Waals surface area (Å²) in [6.07, 6.45) is 5.41. The maximum atomic E-state index is 12.0. The van der Waals surface area contributed by atoms with E-state index in [9.17, 15) is 4.79 Å². The SMILES string of the molecule is CCCCNc1nccc(C(=O)NCc2ccccn2)n1. The second-order valence-corrected chi connectivity index (χ2v) is 4.55. The second-order valence-electron chi connectivity index (χ2n) is 4.55. The molecule has 0 aliphatic carbocycles. The molecule has 0 atom stereocenters. The van der Waals surface area contributed by atoms with Crippen LogP contribution in [-0.2, 0) is 6.54 Å². The highest BCUT2D eigenvalue weighted by Gasteiger charge is 2.08. The molecule has 2 aromatic heterocycles. The Balaban J connectivity index is 1.91. The Morgan fingerprint density at radius 3 is 2.86 bits per heavy atom. The topological polar surface area (TPSA) is 79.8 Å². The molecule has 6 nitrogen and oxygen atoms in total. The molecule has 0 aliphatic rings. The molecule has 2 heterocycles. The van der Waals surface area contributed by atoms with Crippen LogP contribution in [0, 0.1) is 0 Å². The summed E-state index contributed by atoms with van der Waals surface area (Å²) in [6.45, 7) is 3.29. The van der Waals surface area contributed by atoms with E-state index in [2.05, 4.69) is 32.5 Å². The van der Waals surface area contributed by atoms with E-state index in [0.29, 0.717) is 18.2 Å². The Hall–Kier alpha value is -2.50. The van der Waals surface area contributed by atoms with E-state index < -0.39 is 0 Å². The van der Waals surface area contributed by atoms with Crippen LogP contribution in [0.3, 0.4) is 0 Å². The average Bonchev–Trinajstić information content (AvgIpc) is 2.54. The van der Waals surface area contributed by atoms with Gasteiger partial charge in [-0.3, -0.25) is 9.78 Å². The van der Waals surface area contributed by atoms with Crippen LogP contribution in [0.4, 0.5) is 5.95 Å². The van der Waals surface area contributed by atoms with Gasteiger partial charge in [-0.25, -0.2) is 9.97 Å². The van der Waals surface area contributed by atoms with Crippen LogP contribution in [0.25, 0.3) is 0 Å². The third-order valence-corrected chi connectivity index (χ3v) is 2.86. The number of rotatable bonds is 7. The van der Waals surface area contributed by atoms with Crippen LogP contribution in [0.5, 0.6) is 0 Å². The predicted octanol–water partition coefficient (Wildman–Crippen LogP) is 2.01. The van der Waals surface area contributed by atoms with Gasteiger partial charge in [-0.05, 0) is 24.6 Å². The largest absolute Gasteiger partial charge is 0.354 e. The first kappa shape index (κ1) is 14.9. The van der Waals surface area contributed by atoms with Gasteiger partial charge >= 0.3 is 0 Å². The molecule has 0 radical (unpaired) electrons. The summed E-state index contributed by atoms with van der Waals surface area (Å²) >= 11 is 0. The number of amides is 1. The quantitative estimate of drug-likeness (QED) is 0.761. The van der Waals surface area contributed by atoms with Gasteiger partial charge in [-0.15, -0.1) is 0 Å². The summed E-state index contributed by atoms with van der Waals surface area (Å²) in [5.74, 6) is 0.246. The number of nitrogens with zero attached hydrogens (tertiary/aromatic N) is 3. The van der Waals surface area contributed by atoms with E-state index in [1.165, 1.54) is 0 Å². The zero-order chi connectivity index (χ0) is 14.9. The first-order chi connectivity index (χ1) is 10.3. The molecular formula is C15H19N5O. The van der Waals surface area contributed by atoms with Gasteiger partial charge in [0.25, 0.3) is 5.91 Å². The minimum Gasteiger partial charge on any atom is -0.354 e. The average molecular weight is 285 g/mol. The standard InChI is InChI=1S/C15H19N5O/c1-2-3-8-17-15-18-10-7-13(20-15)14(21)19-11-12-6-4-5-9-16-12/h4-7,9-10H,2-3,8,11H2,1H3,(H,19,21)(H,17,18,20). The predicted molar refractivity (Wildman–Crippen MR) is 80.8 cm³/mol. The van der Waals surface area contributed by atoms with Crippen molar-refractivity contribution in [2.24, 2.45) is 0 Å². The molecule has 0 aliphatic heterocycles. The van der Waals surface area contributed by atoms with Crippen molar-refractivity contribution in [3.8, 4) is 0 Å². The Morgan fingerprint density at radius 2 is 2.10 bits per heavy atom. The molecule has 0 bridgehead atoms. The van der Waals surface area contributed by atoms with Crippen molar-refractivity contribution in [3.05, 3.63) is 48.0 Å². The van der Waals surface area contributed by atoms with Crippen LogP contribution in [0.15, 0.2) is 36.7 Å². The van der Waals surface area contributed by atoms with Gasteiger partial charge in [-0.2, -0.15) is 0 Å². The molecule has 0 aromatic carbocycles. The molecule has 2 aromatic rings. The second kappa shape index (κ2) is 7.94. The number of unbranched alkanes of at least 4 members (excludes halogenated alkanes) is 1. The summed E-state index contributed by atoms with van der Waals surface area (Å²) in [5, 5.41) is 5.89. The maximum absolute atomic E-state index is 12.0. The molecule has 0 saturated carbocycles. The summed E-state index contributed by atoms with van der Waals surface area (Å²) in [6, 6.07) is 7.18. The molecule has 2 N–H and O–H groups in total. The number of carbonyl (C=O) groups excluding carboxylic acids is 1. The number of nitrogens with one attached hydrogen (secondary N) is 2. The Labute approximate surface area is 124 Å². The number of hydrogen-bond acceptors (Lipinski definition) is 5. The number of carbonyl (C=O) groups is 1. The Morgan fingerprint density at radius 1 is 1.19 bits per heavy atom. The van der Waals surface area contributed by atoms with E-state index in [0.717, 1.165) is 25.1 Å². The summed E-state index contributed by atoms with van der Waals surface area (Å²) in [5.41, 5.74) is 1.15. The van der Waals surface area contributed by atoms with Crippen LogP contribution in [-0.4, -0.2) is 27.4 Å². The number of aromatic nitrogens is 3. The highest BCUT2D eigenvalue weighted by atomic mass is 16.1. The van der Waals surface area contributed by atoms with Gasteiger partial charge in [0, 0.05) is 18.9 Å². The van der Waals surface area contributed by atoms with E-state index in [1.807, 2.05) is 18.2 Å². The van der Waals surface area contributed by atoms with Gasteiger partial charge < -0.3 is 10.6 Å². The first-order valence-electron chi connectivity index (χ1n) is 7.04. The monoisotopic (exact) mass is 285 g/mol. The van der Waals surface area contributed by atoms with Crippen LogP contribution < -0.4 is 10.6 Å².